The number of hydrogen-bond acceptors (Lipinski definition) is 15. The van der Waals surface area contributed by atoms with E-state index in [9.17, 15) is 45.3 Å². The summed E-state index contributed by atoms with van der Waals surface area (Å²) in [4.78, 5) is 25.8. The van der Waals surface area contributed by atoms with Crippen LogP contribution in [0.3, 0.4) is 0 Å². The fourth-order valence-corrected chi connectivity index (χ4v) is 8.80. The molecule has 410 valence electrons. The molecule has 0 aromatic carbocycles. The van der Waals surface area contributed by atoms with Crippen molar-refractivity contribution in [2.75, 3.05) is 26.4 Å². The van der Waals surface area contributed by atoms with E-state index in [4.69, 9.17) is 28.4 Å². The van der Waals surface area contributed by atoms with Gasteiger partial charge in [-0.25, -0.2) is 0 Å². The van der Waals surface area contributed by atoms with Crippen molar-refractivity contribution in [3.8, 4) is 0 Å². The molecule has 0 spiro atoms. The van der Waals surface area contributed by atoms with E-state index in [1.807, 2.05) is 0 Å². The zero-order valence-electron chi connectivity index (χ0n) is 43.5. The molecular formula is C55H100O15. The fourth-order valence-electron chi connectivity index (χ4n) is 8.80. The number of hydrogen-bond donors (Lipinski definition) is 7. The topological polar surface area (TPSA) is 231 Å². The fraction of sp³-hybridized carbons (Fsp3) is 0.891. The molecule has 2 rings (SSSR count). The first-order valence-electron chi connectivity index (χ1n) is 27.9. The Labute approximate surface area is 422 Å². The van der Waals surface area contributed by atoms with Gasteiger partial charge in [-0.05, 0) is 64.2 Å². The van der Waals surface area contributed by atoms with Gasteiger partial charge in [-0.15, -0.1) is 0 Å². The van der Waals surface area contributed by atoms with Gasteiger partial charge >= 0.3 is 11.9 Å². The molecule has 70 heavy (non-hydrogen) atoms. The summed E-state index contributed by atoms with van der Waals surface area (Å²) in [5.41, 5.74) is 0. The Bertz CT molecular complexity index is 1310. The maximum absolute atomic E-state index is 13.0. The van der Waals surface area contributed by atoms with Crippen LogP contribution in [0.15, 0.2) is 24.3 Å². The van der Waals surface area contributed by atoms with Crippen molar-refractivity contribution in [2.45, 2.75) is 287 Å². The molecular weight excluding hydrogens is 901 g/mol. The number of carbonyl (C=O) groups is 2. The molecule has 2 aliphatic rings. The molecule has 15 nitrogen and oxygen atoms in total. The largest absolute Gasteiger partial charge is 0.462 e. The molecule has 2 saturated heterocycles. The number of aliphatic hydroxyl groups is 7. The number of esters is 2. The lowest BCUT2D eigenvalue weighted by atomic mass is 9.98. The van der Waals surface area contributed by atoms with Gasteiger partial charge in [0.25, 0.3) is 0 Å². The molecule has 4 unspecified atom stereocenters. The molecule has 0 bridgehead atoms. The Kier molecular flexibility index (Phi) is 38.8. The van der Waals surface area contributed by atoms with E-state index >= 15 is 0 Å². The molecule has 15 heteroatoms. The van der Waals surface area contributed by atoms with Crippen molar-refractivity contribution in [3.05, 3.63) is 24.3 Å². The summed E-state index contributed by atoms with van der Waals surface area (Å²) in [6, 6.07) is 0. The van der Waals surface area contributed by atoms with Gasteiger partial charge in [0, 0.05) is 12.8 Å². The van der Waals surface area contributed by atoms with Gasteiger partial charge in [-0.3, -0.25) is 9.59 Å². The maximum atomic E-state index is 13.0. The molecule has 2 fully saturated rings. The van der Waals surface area contributed by atoms with E-state index < -0.39 is 92.7 Å². The molecule has 7 N–H and O–H groups in total. The van der Waals surface area contributed by atoms with E-state index in [-0.39, 0.29) is 26.1 Å². The number of ether oxygens (including phenoxy) is 6. The lowest BCUT2D eigenvalue weighted by molar-refractivity contribution is -0.332. The van der Waals surface area contributed by atoms with Crippen LogP contribution in [-0.2, 0) is 38.0 Å². The monoisotopic (exact) mass is 1000 g/mol. The van der Waals surface area contributed by atoms with E-state index in [0.29, 0.717) is 12.8 Å². The van der Waals surface area contributed by atoms with Gasteiger partial charge in [0.1, 0.15) is 55.4 Å². The van der Waals surface area contributed by atoms with Crippen molar-refractivity contribution < 1.29 is 73.8 Å². The molecule has 0 aliphatic carbocycles. The van der Waals surface area contributed by atoms with Crippen LogP contribution in [0.5, 0.6) is 0 Å². The first-order chi connectivity index (χ1) is 34.0. The van der Waals surface area contributed by atoms with Crippen LogP contribution in [0.1, 0.15) is 219 Å². The normalized spacial score (nSPS) is 25.5. The third-order valence-corrected chi connectivity index (χ3v) is 13.4. The Morgan fingerprint density at radius 3 is 1.29 bits per heavy atom. The van der Waals surface area contributed by atoms with Crippen molar-refractivity contribution in [1.29, 1.82) is 0 Å². The molecule has 0 amide bonds. The minimum atomic E-state index is -1.77. The average Bonchev–Trinajstić information content (AvgIpc) is 3.35. The minimum absolute atomic E-state index is 0.161. The molecule has 11 atom stereocenters. The summed E-state index contributed by atoms with van der Waals surface area (Å²) >= 11 is 0. The number of unbranched alkanes of at least 4 members (excludes halogenated alkanes) is 26. The van der Waals surface area contributed by atoms with Gasteiger partial charge in [-0.1, -0.05) is 167 Å². The number of aliphatic hydroxyl groups excluding tert-OH is 7. The molecule has 0 radical (unpaired) electrons. The second-order valence-corrected chi connectivity index (χ2v) is 19.8. The summed E-state index contributed by atoms with van der Waals surface area (Å²) in [5, 5.41) is 72.2. The zero-order valence-corrected chi connectivity index (χ0v) is 43.5. The summed E-state index contributed by atoms with van der Waals surface area (Å²) in [7, 11) is 0. The smallest absolute Gasteiger partial charge is 0.306 e. The minimum Gasteiger partial charge on any atom is -0.462 e. The summed E-state index contributed by atoms with van der Waals surface area (Å²) in [6.45, 7) is 2.59. The number of allylic oxidation sites excluding steroid dienone is 4. The van der Waals surface area contributed by atoms with Crippen molar-refractivity contribution >= 4 is 11.9 Å². The standard InChI is InChI=1S/C55H100O15/c1-3-5-7-9-11-13-15-17-19-20-21-22-24-26-28-30-32-34-36-38-47(58)68-43(40-65-46(57)37-35-33-31-29-27-25-23-18-16-14-12-10-8-6-4-2)41-66-54-53(64)51(62)49(60)45(70-54)42-67-55-52(63)50(61)48(59)44(39-56)69-55/h17,19,27,29,43-45,48-56,59-64H,3-16,18,20-26,28,30-42H2,1-2H3/b19-17+,29-27+/t43-,44+,45+,48-,49-,50?,51?,52?,53?,54+,55+/m1/s1. The third-order valence-electron chi connectivity index (χ3n) is 13.4. The van der Waals surface area contributed by atoms with Crippen molar-refractivity contribution in [2.24, 2.45) is 0 Å². The van der Waals surface area contributed by atoms with Crippen LogP contribution >= 0.6 is 0 Å². The predicted octanol–water partition coefficient (Wildman–Crippen LogP) is 8.72. The lowest BCUT2D eigenvalue weighted by Crippen LogP contribution is -2.61. The lowest BCUT2D eigenvalue weighted by Gasteiger charge is -2.42. The van der Waals surface area contributed by atoms with Gasteiger partial charge in [0.05, 0.1) is 19.8 Å². The second kappa shape index (κ2) is 42.3. The molecule has 0 aromatic heterocycles. The van der Waals surface area contributed by atoms with E-state index in [1.165, 1.54) is 135 Å². The van der Waals surface area contributed by atoms with E-state index in [1.54, 1.807) is 0 Å². The first-order valence-corrected chi connectivity index (χ1v) is 27.9. The van der Waals surface area contributed by atoms with Crippen molar-refractivity contribution in [3.63, 3.8) is 0 Å². The van der Waals surface area contributed by atoms with Gasteiger partial charge in [-0.2, -0.15) is 0 Å². The molecule has 2 aliphatic heterocycles. The summed E-state index contributed by atoms with van der Waals surface area (Å²) in [6.07, 6.45) is 27.7. The Balaban J connectivity index is 1.78. The first kappa shape index (κ1) is 64.1. The van der Waals surface area contributed by atoms with Crippen LogP contribution in [-0.4, -0.2) is 142 Å². The highest BCUT2D eigenvalue weighted by atomic mass is 16.7. The van der Waals surface area contributed by atoms with E-state index in [0.717, 1.165) is 44.9 Å². The maximum Gasteiger partial charge on any atom is 0.306 e. The third kappa shape index (κ3) is 29.6. The Morgan fingerprint density at radius 2 is 0.814 bits per heavy atom. The number of carbonyl (C=O) groups excluding carboxylic acids is 2. The van der Waals surface area contributed by atoms with Crippen LogP contribution < -0.4 is 0 Å². The summed E-state index contributed by atoms with van der Waals surface area (Å²) in [5.74, 6) is -0.945. The van der Waals surface area contributed by atoms with E-state index in [2.05, 4.69) is 38.2 Å². The molecule has 2 heterocycles. The van der Waals surface area contributed by atoms with Crippen LogP contribution in [0.25, 0.3) is 0 Å². The Hall–Kier alpha value is -2.02. The quantitative estimate of drug-likeness (QED) is 0.0172. The van der Waals surface area contributed by atoms with Gasteiger partial charge in [0.2, 0.25) is 0 Å². The van der Waals surface area contributed by atoms with Crippen LogP contribution in [0, 0.1) is 0 Å². The SMILES string of the molecule is CCCCCCCC/C=C/CCCCCCCCCCCC(=O)O[C@H](COC(=O)CCCC/C=C/CCCCCCCCCCC)CO[C@H]1O[C@@H](CO[C@H]2O[C@@H](CO)[C@@H](O)C(O)C2O)[C@@H](O)C(O)C1O. The van der Waals surface area contributed by atoms with Crippen molar-refractivity contribution in [1.82, 2.24) is 0 Å². The second-order valence-electron chi connectivity index (χ2n) is 19.8. The molecule has 0 saturated carbocycles. The van der Waals surface area contributed by atoms with Gasteiger partial charge < -0.3 is 64.2 Å². The zero-order chi connectivity index (χ0) is 51.0. The van der Waals surface area contributed by atoms with Gasteiger partial charge in [0.15, 0.2) is 18.7 Å². The highest BCUT2D eigenvalue weighted by Gasteiger charge is 2.47. The summed E-state index contributed by atoms with van der Waals surface area (Å²) < 4.78 is 33.6. The number of rotatable bonds is 44. The highest BCUT2D eigenvalue weighted by molar-refractivity contribution is 5.70. The highest BCUT2D eigenvalue weighted by Crippen LogP contribution is 2.27. The average molecular weight is 1000 g/mol. The molecule has 0 aromatic rings. The van der Waals surface area contributed by atoms with Crippen LogP contribution in [0.2, 0.25) is 0 Å². The Morgan fingerprint density at radius 1 is 0.443 bits per heavy atom. The van der Waals surface area contributed by atoms with Crippen LogP contribution in [0.4, 0.5) is 0 Å². The predicted molar refractivity (Wildman–Crippen MR) is 271 cm³/mol.